The fraction of sp³-hybridized carbons (Fsp3) is 0.300. The Kier molecular flexibility index (Phi) is 4.34. The van der Waals surface area contributed by atoms with Crippen molar-refractivity contribution in [3.05, 3.63) is 36.4 Å². The van der Waals surface area contributed by atoms with Gasteiger partial charge in [-0.05, 0) is 12.5 Å². The lowest BCUT2D eigenvalue weighted by Crippen LogP contribution is -2.09. The summed E-state index contributed by atoms with van der Waals surface area (Å²) in [7, 11) is 0. The van der Waals surface area contributed by atoms with Crippen LogP contribution in [0.4, 0.5) is 0 Å². The standard InChI is InChI=1S/C10H12N2O2/c1-2-3-4-8-14-10(13)9-11-6-5-7-12-9/h3-7H,2,8H2,1H3. The van der Waals surface area contributed by atoms with E-state index >= 15 is 0 Å². The van der Waals surface area contributed by atoms with Crippen molar-refractivity contribution >= 4 is 5.97 Å². The van der Waals surface area contributed by atoms with Crippen LogP contribution in [0.25, 0.3) is 0 Å². The first-order valence-electron chi connectivity index (χ1n) is 4.43. The number of carbonyl (C=O) groups is 1. The molecule has 0 spiro atoms. The van der Waals surface area contributed by atoms with Crippen LogP contribution in [0.3, 0.4) is 0 Å². The summed E-state index contributed by atoms with van der Waals surface area (Å²) in [4.78, 5) is 18.8. The second-order valence-electron chi connectivity index (χ2n) is 2.55. The van der Waals surface area contributed by atoms with E-state index in [1.54, 1.807) is 12.1 Å². The maximum Gasteiger partial charge on any atom is 0.376 e. The summed E-state index contributed by atoms with van der Waals surface area (Å²) in [5.41, 5.74) is 0. The number of esters is 1. The molecule has 0 N–H and O–H groups in total. The van der Waals surface area contributed by atoms with E-state index in [1.165, 1.54) is 12.4 Å². The van der Waals surface area contributed by atoms with E-state index in [0.29, 0.717) is 0 Å². The molecule has 1 rings (SSSR count). The van der Waals surface area contributed by atoms with Crippen molar-refractivity contribution in [2.45, 2.75) is 13.3 Å². The molecular formula is C10H12N2O2. The molecule has 0 amide bonds. The number of hydrogen-bond acceptors (Lipinski definition) is 4. The van der Waals surface area contributed by atoms with Crippen molar-refractivity contribution in [3.63, 3.8) is 0 Å². The third kappa shape index (κ3) is 3.35. The molecule has 0 saturated heterocycles. The predicted octanol–water partition coefficient (Wildman–Crippen LogP) is 1.60. The summed E-state index contributed by atoms with van der Waals surface area (Å²) < 4.78 is 4.88. The normalized spacial score (nSPS) is 10.4. The van der Waals surface area contributed by atoms with Gasteiger partial charge in [-0.3, -0.25) is 0 Å². The Bertz CT molecular complexity index is 309. The molecule has 0 saturated carbocycles. The van der Waals surface area contributed by atoms with Gasteiger partial charge in [-0.2, -0.15) is 0 Å². The fourth-order valence-corrected chi connectivity index (χ4v) is 0.828. The Hall–Kier alpha value is -1.71. The van der Waals surface area contributed by atoms with Gasteiger partial charge in [0.1, 0.15) is 6.61 Å². The first-order chi connectivity index (χ1) is 6.84. The third-order valence-electron chi connectivity index (χ3n) is 1.46. The SMILES string of the molecule is CCC=CCOC(=O)c1ncccn1. The molecule has 1 heterocycles. The molecular weight excluding hydrogens is 180 g/mol. The van der Waals surface area contributed by atoms with Crippen LogP contribution in [0.5, 0.6) is 0 Å². The van der Waals surface area contributed by atoms with Gasteiger partial charge in [0, 0.05) is 12.4 Å². The fourth-order valence-electron chi connectivity index (χ4n) is 0.828. The Morgan fingerprint density at radius 2 is 2.14 bits per heavy atom. The van der Waals surface area contributed by atoms with E-state index < -0.39 is 5.97 Å². The molecule has 0 aromatic carbocycles. The van der Waals surface area contributed by atoms with Gasteiger partial charge in [0.25, 0.3) is 0 Å². The summed E-state index contributed by atoms with van der Waals surface area (Å²) in [6.07, 6.45) is 7.66. The minimum atomic E-state index is -0.494. The Morgan fingerprint density at radius 3 is 2.79 bits per heavy atom. The summed E-state index contributed by atoms with van der Waals surface area (Å²) >= 11 is 0. The molecule has 74 valence electrons. The van der Waals surface area contributed by atoms with Crippen molar-refractivity contribution in [3.8, 4) is 0 Å². The van der Waals surface area contributed by atoms with Gasteiger partial charge in [0.2, 0.25) is 5.82 Å². The quantitative estimate of drug-likeness (QED) is 0.537. The van der Waals surface area contributed by atoms with Crippen LogP contribution in [0.2, 0.25) is 0 Å². The second-order valence-corrected chi connectivity index (χ2v) is 2.55. The van der Waals surface area contributed by atoms with Crippen LogP contribution in [-0.2, 0) is 4.74 Å². The van der Waals surface area contributed by atoms with Crippen LogP contribution >= 0.6 is 0 Å². The molecule has 14 heavy (non-hydrogen) atoms. The van der Waals surface area contributed by atoms with Crippen molar-refractivity contribution in [2.24, 2.45) is 0 Å². The van der Waals surface area contributed by atoms with Gasteiger partial charge < -0.3 is 4.74 Å². The van der Waals surface area contributed by atoms with E-state index in [2.05, 4.69) is 9.97 Å². The van der Waals surface area contributed by atoms with Crippen LogP contribution in [0, 0.1) is 0 Å². The highest BCUT2D eigenvalue weighted by molar-refractivity contribution is 5.84. The second kappa shape index (κ2) is 5.85. The molecule has 0 aliphatic rings. The van der Waals surface area contributed by atoms with Gasteiger partial charge in [0.15, 0.2) is 0 Å². The van der Waals surface area contributed by atoms with E-state index in [-0.39, 0.29) is 12.4 Å². The summed E-state index contributed by atoms with van der Waals surface area (Å²) in [6, 6.07) is 1.65. The Balaban J connectivity index is 2.40. The van der Waals surface area contributed by atoms with Gasteiger partial charge >= 0.3 is 5.97 Å². The lowest BCUT2D eigenvalue weighted by Gasteiger charge is -1.98. The first-order valence-corrected chi connectivity index (χ1v) is 4.43. The molecule has 4 heteroatoms. The number of allylic oxidation sites excluding steroid dienone is 1. The number of carbonyl (C=O) groups excluding carboxylic acids is 1. The molecule has 0 atom stereocenters. The van der Waals surface area contributed by atoms with E-state index in [9.17, 15) is 4.79 Å². The van der Waals surface area contributed by atoms with Crippen LogP contribution in [0.15, 0.2) is 30.6 Å². The van der Waals surface area contributed by atoms with E-state index in [1.807, 2.05) is 13.0 Å². The van der Waals surface area contributed by atoms with Crippen molar-refractivity contribution in [1.82, 2.24) is 9.97 Å². The summed E-state index contributed by atoms with van der Waals surface area (Å²) in [5, 5.41) is 0. The van der Waals surface area contributed by atoms with Gasteiger partial charge in [-0.15, -0.1) is 0 Å². The molecule has 4 nitrogen and oxygen atoms in total. The zero-order valence-electron chi connectivity index (χ0n) is 8.01. The zero-order valence-corrected chi connectivity index (χ0v) is 8.01. The average molecular weight is 192 g/mol. The number of aromatic nitrogens is 2. The van der Waals surface area contributed by atoms with Gasteiger partial charge in [-0.25, -0.2) is 14.8 Å². The summed E-state index contributed by atoms with van der Waals surface area (Å²) in [5.74, 6) is -0.399. The smallest absolute Gasteiger partial charge is 0.376 e. The predicted molar refractivity (Wildman–Crippen MR) is 51.7 cm³/mol. The van der Waals surface area contributed by atoms with Crippen LogP contribution in [-0.4, -0.2) is 22.5 Å². The molecule has 0 aliphatic heterocycles. The van der Waals surface area contributed by atoms with Crippen molar-refractivity contribution in [2.75, 3.05) is 6.61 Å². The molecule has 0 fully saturated rings. The topological polar surface area (TPSA) is 52.1 Å². The van der Waals surface area contributed by atoms with Crippen LogP contribution in [0.1, 0.15) is 24.0 Å². The number of hydrogen-bond donors (Lipinski definition) is 0. The van der Waals surface area contributed by atoms with Crippen molar-refractivity contribution < 1.29 is 9.53 Å². The molecule has 0 radical (unpaired) electrons. The molecule has 0 aliphatic carbocycles. The van der Waals surface area contributed by atoms with E-state index in [0.717, 1.165) is 6.42 Å². The number of nitrogens with zero attached hydrogens (tertiary/aromatic N) is 2. The minimum Gasteiger partial charge on any atom is -0.456 e. The summed E-state index contributed by atoms with van der Waals surface area (Å²) in [6.45, 7) is 2.28. The molecule has 1 aromatic rings. The highest BCUT2D eigenvalue weighted by atomic mass is 16.5. The van der Waals surface area contributed by atoms with Gasteiger partial charge in [-0.1, -0.05) is 19.1 Å². The highest BCUT2D eigenvalue weighted by Crippen LogP contribution is 1.92. The number of ether oxygens (including phenoxy) is 1. The third-order valence-corrected chi connectivity index (χ3v) is 1.46. The lowest BCUT2D eigenvalue weighted by molar-refractivity contribution is 0.0535. The number of rotatable bonds is 4. The molecule has 1 aromatic heterocycles. The zero-order chi connectivity index (χ0) is 10.2. The Labute approximate surface area is 82.6 Å². The minimum absolute atomic E-state index is 0.0948. The lowest BCUT2D eigenvalue weighted by atomic mass is 10.4. The largest absolute Gasteiger partial charge is 0.456 e. The monoisotopic (exact) mass is 192 g/mol. The van der Waals surface area contributed by atoms with Crippen molar-refractivity contribution in [1.29, 1.82) is 0 Å². The van der Waals surface area contributed by atoms with E-state index in [4.69, 9.17) is 4.74 Å². The maximum atomic E-state index is 11.2. The highest BCUT2D eigenvalue weighted by Gasteiger charge is 2.07. The van der Waals surface area contributed by atoms with Crippen LogP contribution < -0.4 is 0 Å². The molecule has 0 unspecified atom stereocenters. The van der Waals surface area contributed by atoms with Gasteiger partial charge in [0.05, 0.1) is 0 Å². The Morgan fingerprint density at radius 1 is 1.43 bits per heavy atom. The average Bonchev–Trinajstić information content (AvgIpc) is 2.25. The maximum absolute atomic E-state index is 11.2. The first kappa shape index (κ1) is 10.4. The molecule has 0 bridgehead atoms.